The maximum Gasteiger partial charge on any atom is 0.397 e. The first kappa shape index (κ1) is 23.3. The predicted molar refractivity (Wildman–Crippen MR) is 81.0 cm³/mol. The minimum atomic E-state index is -5.18. The zero-order valence-electron chi connectivity index (χ0n) is 13.4. The Morgan fingerprint density at radius 3 is 2.44 bits per heavy atom. The molecule has 0 amide bonds. The zero-order chi connectivity index (χ0) is 20.9. The second-order valence-electron chi connectivity index (χ2n) is 5.36. The molecule has 0 spiro atoms. The average molecular weight is 417 g/mol. The standard InChI is InChI=1S/C12H19NO13S/c13-4(2-14)8(18)9(6(17)3-15)25-12-10(26-27(21,22)23)5(16)1-7(24-12)11(19)20/h1-2,4-6,8-10,12,15-18H,3,13H2,(H,19,20)(H,21,22,23)/t4-,5-,6+,8+,9+,10+,12-/m0/s1. The van der Waals surface area contributed by atoms with Crippen LogP contribution in [0, 0.1) is 0 Å². The second-order valence-corrected chi connectivity index (χ2v) is 6.40. The molecule has 0 aromatic carbocycles. The number of carboxylic acids is 1. The summed E-state index contributed by atoms with van der Waals surface area (Å²) in [5.74, 6) is -2.61. The van der Waals surface area contributed by atoms with E-state index in [9.17, 15) is 33.3 Å². The van der Waals surface area contributed by atoms with Gasteiger partial charge in [0.1, 0.15) is 30.7 Å². The minimum Gasteiger partial charge on any atom is -0.475 e. The predicted octanol–water partition coefficient (Wildman–Crippen LogP) is -4.51. The van der Waals surface area contributed by atoms with Crippen molar-refractivity contribution < 1.29 is 61.7 Å². The number of aliphatic carboxylic acids is 1. The van der Waals surface area contributed by atoms with Gasteiger partial charge in [-0.2, -0.15) is 8.42 Å². The Morgan fingerprint density at radius 1 is 1.41 bits per heavy atom. The van der Waals surface area contributed by atoms with E-state index in [1.807, 2.05) is 0 Å². The van der Waals surface area contributed by atoms with Gasteiger partial charge in [-0.05, 0) is 6.08 Å². The van der Waals surface area contributed by atoms with Crippen LogP contribution < -0.4 is 5.73 Å². The Labute approximate surface area is 152 Å². The van der Waals surface area contributed by atoms with Crippen LogP contribution in [0.5, 0.6) is 0 Å². The van der Waals surface area contributed by atoms with Crippen molar-refractivity contribution >= 4 is 22.7 Å². The van der Waals surface area contributed by atoms with Crippen LogP contribution in [0.4, 0.5) is 0 Å². The van der Waals surface area contributed by atoms with Gasteiger partial charge in [-0.25, -0.2) is 8.98 Å². The SMILES string of the molecule is N[C@@H](C=O)[C@@H](O)[C@H](O[C@@H]1OC(C(=O)O)=C[C@H](O)[C@H]1OS(=O)(=O)O)[C@H](O)CO. The van der Waals surface area contributed by atoms with Gasteiger partial charge < -0.3 is 45.5 Å². The van der Waals surface area contributed by atoms with Gasteiger partial charge in [0.2, 0.25) is 12.0 Å². The Balaban J connectivity index is 3.21. The normalized spacial score (nSPS) is 27.6. The number of carbonyl (C=O) groups excluding carboxylic acids is 1. The van der Waals surface area contributed by atoms with E-state index in [-0.39, 0.29) is 6.29 Å². The summed E-state index contributed by atoms with van der Waals surface area (Å²) in [5, 5.41) is 47.6. The molecule has 1 rings (SSSR count). The fourth-order valence-electron chi connectivity index (χ4n) is 2.07. The largest absolute Gasteiger partial charge is 0.475 e. The number of ether oxygens (including phenoxy) is 2. The third kappa shape index (κ3) is 6.45. The highest BCUT2D eigenvalue weighted by atomic mass is 32.3. The van der Waals surface area contributed by atoms with E-state index in [4.69, 9.17) is 30.0 Å². The molecule has 0 saturated carbocycles. The summed E-state index contributed by atoms with van der Waals surface area (Å²) >= 11 is 0. The lowest BCUT2D eigenvalue weighted by molar-refractivity contribution is -0.251. The van der Waals surface area contributed by atoms with Crippen molar-refractivity contribution in [3.8, 4) is 0 Å². The molecule has 1 aliphatic heterocycles. The van der Waals surface area contributed by atoms with E-state index in [0.717, 1.165) is 0 Å². The molecular weight excluding hydrogens is 398 g/mol. The second kappa shape index (κ2) is 9.49. The fourth-order valence-corrected chi connectivity index (χ4v) is 2.55. The van der Waals surface area contributed by atoms with E-state index in [0.29, 0.717) is 6.08 Å². The van der Waals surface area contributed by atoms with Crippen molar-refractivity contribution in [2.75, 3.05) is 6.61 Å². The molecule has 0 aromatic rings. The average Bonchev–Trinajstić information content (AvgIpc) is 2.58. The van der Waals surface area contributed by atoms with Crippen molar-refractivity contribution in [3.05, 3.63) is 11.8 Å². The van der Waals surface area contributed by atoms with Crippen LogP contribution in [0.3, 0.4) is 0 Å². The Bertz CT molecular complexity index is 664. The number of aliphatic hydroxyl groups excluding tert-OH is 4. The number of rotatable bonds is 10. The summed E-state index contributed by atoms with van der Waals surface area (Å²) in [7, 11) is -5.18. The summed E-state index contributed by atoms with van der Waals surface area (Å²) < 4.78 is 44.7. The first-order chi connectivity index (χ1) is 12.4. The molecule has 0 aliphatic carbocycles. The first-order valence-corrected chi connectivity index (χ1v) is 8.56. The molecule has 1 heterocycles. The molecule has 156 valence electrons. The third-order valence-electron chi connectivity index (χ3n) is 3.36. The molecular formula is C12H19NO13S. The molecule has 0 aromatic heterocycles. The van der Waals surface area contributed by atoms with Crippen molar-refractivity contribution in [3.63, 3.8) is 0 Å². The lowest BCUT2D eigenvalue weighted by Crippen LogP contribution is -2.56. The number of carboxylic acid groups (broad SMARTS) is 1. The highest BCUT2D eigenvalue weighted by Crippen LogP contribution is 2.26. The molecule has 0 unspecified atom stereocenters. The highest BCUT2D eigenvalue weighted by molar-refractivity contribution is 7.80. The van der Waals surface area contributed by atoms with Crippen LogP contribution in [-0.4, -0.2) is 100 Å². The maximum absolute atomic E-state index is 11.0. The van der Waals surface area contributed by atoms with Crippen molar-refractivity contribution in [2.45, 2.75) is 42.9 Å². The van der Waals surface area contributed by atoms with Gasteiger partial charge in [-0.1, -0.05) is 0 Å². The minimum absolute atomic E-state index is 0.0798. The molecule has 0 saturated heterocycles. The van der Waals surface area contributed by atoms with Gasteiger partial charge in [0, 0.05) is 0 Å². The molecule has 15 heteroatoms. The third-order valence-corrected chi connectivity index (χ3v) is 3.82. The van der Waals surface area contributed by atoms with Crippen LogP contribution in [0.25, 0.3) is 0 Å². The number of nitrogens with two attached hydrogens (primary N) is 1. The molecule has 0 radical (unpaired) electrons. The summed E-state index contributed by atoms with van der Waals surface area (Å²) in [6, 6.07) is -1.62. The van der Waals surface area contributed by atoms with Crippen LogP contribution in [0.15, 0.2) is 11.8 Å². The lowest BCUT2D eigenvalue weighted by atomic mass is 10.0. The van der Waals surface area contributed by atoms with E-state index >= 15 is 0 Å². The monoisotopic (exact) mass is 417 g/mol. The number of carbonyl (C=O) groups is 2. The number of aldehydes is 1. The summed E-state index contributed by atoms with van der Waals surface area (Å²) in [5.41, 5.74) is 5.30. The van der Waals surface area contributed by atoms with Gasteiger partial charge in [0.05, 0.1) is 12.6 Å². The fraction of sp³-hybridized carbons (Fsp3) is 0.667. The van der Waals surface area contributed by atoms with Gasteiger partial charge in [-0.3, -0.25) is 4.55 Å². The number of hydrogen-bond acceptors (Lipinski definition) is 12. The number of hydrogen-bond donors (Lipinski definition) is 7. The Kier molecular flexibility index (Phi) is 8.21. The summed E-state index contributed by atoms with van der Waals surface area (Å²) in [4.78, 5) is 21.7. The van der Waals surface area contributed by atoms with E-state index in [1.54, 1.807) is 0 Å². The van der Waals surface area contributed by atoms with Gasteiger partial charge in [-0.15, -0.1) is 0 Å². The smallest absolute Gasteiger partial charge is 0.397 e. The van der Waals surface area contributed by atoms with Crippen LogP contribution in [0.2, 0.25) is 0 Å². The van der Waals surface area contributed by atoms with Crippen LogP contribution >= 0.6 is 0 Å². The van der Waals surface area contributed by atoms with Gasteiger partial charge in [0.25, 0.3) is 0 Å². The molecule has 0 bridgehead atoms. The molecule has 7 atom stereocenters. The molecule has 14 nitrogen and oxygen atoms in total. The highest BCUT2D eigenvalue weighted by Gasteiger charge is 2.44. The molecule has 8 N–H and O–H groups in total. The van der Waals surface area contributed by atoms with Crippen LogP contribution in [0.1, 0.15) is 0 Å². The summed E-state index contributed by atoms with van der Waals surface area (Å²) in [6.45, 7) is -1.02. The van der Waals surface area contributed by atoms with Crippen LogP contribution in [-0.2, 0) is 33.6 Å². The Hall–Kier alpha value is -1.69. The lowest BCUT2D eigenvalue weighted by Gasteiger charge is -2.37. The Morgan fingerprint density at radius 2 is 2.00 bits per heavy atom. The van der Waals surface area contributed by atoms with Gasteiger partial charge >= 0.3 is 16.4 Å². The van der Waals surface area contributed by atoms with E-state index in [2.05, 4.69) is 4.18 Å². The quantitative estimate of drug-likeness (QED) is 0.131. The topological polar surface area (TPSA) is 243 Å². The van der Waals surface area contributed by atoms with Crippen molar-refractivity contribution in [2.24, 2.45) is 5.73 Å². The zero-order valence-corrected chi connectivity index (χ0v) is 14.2. The molecule has 27 heavy (non-hydrogen) atoms. The van der Waals surface area contributed by atoms with Crippen molar-refractivity contribution in [1.29, 1.82) is 0 Å². The van der Waals surface area contributed by atoms with E-state index < -0.39 is 71.6 Å². The summed E-state index contributed by atoms with van der Waals surface area (Å²) in [6.07, 6.45) is -11.3. The molecule has 0 fully saturated rings. The number of aliphatic hydroxyl groups is 4. The molecule has 1 aliphatic rings. The first-order valence-electron chi connectivity index (χ1n) is 7.20. The van der Waals surface area contributed by atoms with Crippen molar-refractivity contribution in [1.82, 2.24) is 0 Å². The van der Waals surface area contributed by atoms with E-state index in [1.165, 1.54) is 0 Å². The maximum atomic E-state index is 11.0. The van der Waals surface area contributed by atoms with Gasteiger partial charge in [0.15, 0.2) is 6.10 Å².